The highest BCUT2D eigenvalue weighted by atomic mass is 79.9. The number of hydrogen-bond donors (Lipinski definition) is 2. The lowest BCUT2D eigenvalue weighted by Gasteiger charge is -2.10. The Morgan fingerprint density at radius 1 is 1.27 bits per heavy atom. The molecule has 118 valence electrons. The van der Waals surface area contributed by atoms with Crippen LogP contribution >= 0.6 is 15.9 Å². The van der Waals surface area contributed by atoms with Gasteiger partial charge in [0.2, 0.25) is 5.95 Å². The van der Waals surface area contributed by atoms with Crippen molar-refractivity contribution in [1.82, 2.24) is 20.1 Å². The number of halogens is 1. The van der Waals surface area contributed by atoms with Crippen LogP contribution in [-0.4, -0.2) is 47.3 Å². The maximum Gasteiger partial charge on any atom is 0.244 e. The number of anilines is 3. The number of aromatic nitrogens is 3. The highest BCUT2D eigenvalue weighted by Gasteiger charge is 2.02. The average Bonchev–Trinajstić information content (AvgIpc) is 2.48. The van der Waals surface area contributed by atoms with Crippen LogP contribution in [0.25, 0.3) is 0 Å². The molecule has 2 aromatic rings. The molecule has 22 heavy (non-hydrogen) atoms. The van der Waals surface area contributed by atoms with Gasteiger partial charge in [-0.25, -0.2) is 0 Å². The third kappa shape index (κ3) is 5.23. The van der Waals surface area contributed by atoms with Crippen molar-refractivity contribution in [2.24, 2.45) is 0 Å². The van der Waals surface area contributed by atoms with E-state index in [4.69, 9.17) is 0 Å². The average molecular weight is 365 g/mol. The van der Waals surface area contributed by atoms with Crippen molar-refractivity contribution in [3.05, 3.63) is 34.4 Å². The van der Waals surface area contributed by atoms with Crippen LogP contribution in [0.2, 0.25) is 0 Å². The molecule has 7 heteroatoms. The van der Waals surface area contributed by atoms with Crippen LogP contribution in [0, 0.1) is 6.92 Å². The fourth-order valence-electron chi connectivity index (χ4n) is 1.90. The Hall–Kier alpha value is -1.73. The maximum atomic E-state index is 4.42. The van der Waals surface area contributed by atoms with Crippen molar-refractivity contribution in [3.8, 4) is 0 Å². The number of benzene rings is 1. The first kappa shape index (κ1) is 16.6. The number of hydrogen-bond acceptors (Lipinski definition) is 6. The number of nitrogens with one attached hydrogen (secondary N) is 2. The molecule has 0 aliphatic rings. The summed E-state index contributed by atoms with van der Waals surface area (Å²) < 4.78 is 1.09. The molecule has 0 saturated heterocycles. The van der Waals surface area contributed by atoms with Gasteiger partial charge in [0.1, 0.15) is 0 Å². The lowest BCUT2D eigenvalue weighted by molar-refractivity contribution is 0.405. The van der Waals surface area contributed by atoms with Crippen LogP contribution in [0.1, 0.15) is 12.0 Å². The first-order chi connectivity index (χ1) is 10.5. The topological polar surface area (TPSA) is 66.0 Å². The Morgan fingerprint density at radius 2 is 2.09 bits per heavy atom. The molecule has 2 rings (SSSR count). The minimum Gasteiger partial charge on any atom is -0.353 e. The Balaban J connectivity index is 1.94. The summed E-state index contributed by atoms with van der Waals surface area (Å²) in [6.07, 6.45) is 2.64. The Morgan fingerprint density at radius 3 is 2.82 bits per heavy atom. The van der Waals surface area contributed by atoms with Crippen molar-refractivity contribution in [1.29, 1.82) is 0 Å². The van der Waals surface area contributed by atoms with E-state index in [9.17, 15) is 0 Å². The van der Waals surface area contributed by atoms with Gasteiger partial charge >= 0.3 is 0 Å². The van der Waals surface area contributed by atoms with Crippen molar-refractivity contribution < 1.29 is 0 Å². The fraction of sp³-hybridized carbons (Fsp3) is 0.400. The molecule has 1 aromatic heterocycles. The molecule has 6 nitrogen and oxygen atoms in total. The van der Waals surface area contributed by atoms with Crippen LogP contribution in [0.15, 0.2) is 28.9 Å². The smallest absolute Gasteiger partial charge is 0.244 e. The highest BCUT2D eigenvalue weighted by Crippen LogP contribution is 2.22. The van der Waals surface area contributed by atoms with E-state index in [-0.39, 0.29) is 0 Å². The van der Waals surface area contributed by atoms with Crippen molar-refractivity contribution in [2.45, 2.75) is 13.3 Å². The normalized spacial score (nSPS) is 10.8. The monoisotopic (exact) mass is 364 g/mol. The minimum absolute atomic E-state index is 0.539. The van der Waals surface area contributed by atoms with Gasteiger partial charge in [-0.1, -0.05) is 15.9 Å². The maximum absolute atomic E-state index is 4.42. The molecule has 1 heterocycles. The summed E-state index contributed by atoms with van der Waals surface area (Å²) in [5, 5.41) is 14.4. The summed E-state index contributed by atoms with van der Waals surface area (Å²) in [4.78, 5) is 6.56. The van der Waals surface area contributed by atoms with Gasteiger partial charge < -0.3 is 15.5 Å². The first-order valence-electron chi connectivity index (χ1n) is 7.16. The molecule has 0 aliphatic heterocycles. The summed E-state index contributed by atoms with van der Waals surface area (Å²) in [5.74, 6) is 1.21. The van der Waals surface area contributed by atoms with Gasteiger partial charge in [0, 0.05) is 16.7 Å². The summed E-state index contributed by atoms with van der Waals surface area (Å²) in [6.45, 7) is 3.89. The molecule has 0 saturated carbocycles. The molecule has 0 spiro atoms. The molecule has 0 amide bonds. The zero-order valence-electron chi connectivity index (χ0n) is 13.1. The van der Waals surface area contributed by atoms with E-state index in [1.54, 1.807) is 6.20 Å². The van der Waals surface area contributed by atoms with Crippen LogP contribution in [0.5, 0.6) is 0 Å². The second-order valence-electron chi connectivity index (χ2n) is 5.34. The van der Waals surface area contributed by atoms with Gasteiger partial charge in [-0.3, -0.25) is 0 Å². The van der Waals surface area contributed by atoms with Gasteiger partial charge in [0.15, 0.2) is 5.82 Å². The first-order valence-corrected chi connectivity index (χ1v) is 7.95. The summed E-state index contributed by atoms with van der Waals surface area (Å²) in [5.41, 5.74) is 2.13. The molecular formula is C15H21BrN6. The molecule has 1 aromatic carbocycles. The predicted molar refractivity (Wildman–Crippen MR) is 93.6 cm³/mol. The molecule has 0 atom stereocenters. The van der Waals surface area contributed by atoms with Gasteiger partial charge in [0.25, 0.3) is 0 Å². The number of aryl methyl sites for hydroxylation is 1. The standard InChI is InChI=1S/C15H21BrN6/c1-11-9-12(5-6-13(11)16)19-14-10-18-21-15(20-14)17-7-4-8-22(2)3/h5-6,9-10H,4,7-8H2,1-3H3,(H2,17,19,20,21). The summed E-state index contributed by atoms with van der Waals surface area (Å²) in [6, 6.07) is 6.05. The van der Waals surface area contributed by atoms with E-state index < -0.39 is 0 Å². The van der Waals surface area contributed by atoms with Gasteiger partial charge in [0.05, 0.1) is 6.20 Å². The molecule has 0 bridgehead atoms. The van der Waals surface area contributed by atoms with E-state index >= 15 is 0 Å². The van der Waals surface area contributed by atoms with Crippen molar-refractivity contribution in [3.63, 3.8) is 0 Å². The molecule has 0 aliphatic carbocycles. The minimum atomic E-state index is 0.539. The molecule has 0 fully saturated rings. The Kier molecular flexibility index (Phi) is 6.09. The zero-order chi connectivity index (χ0) is 15.9. The van der Waals surface area contributed by atoms with Gasteiger partial charge in [-0.2, -0.15) is 10.1 Å². The van der Waals surface area contributed by atoms with Crippen LogP contribution < -0.4 is 10.6 Å². The largest absolute Gasteiger partial charge is 0.353 e. The Bertz CT molecular complexity index is 617. The third-order valence-electron chi connectivity index (χ3n) is 3.05. The predicted octanol–water partition coefficient (Wildman–Crippen LogP) is 3.05. The van der Waals surface area contributed by atoms with Crippen LogP contribution in [0.3, 0.4) is 0 Å². The summed E-state index contributed by atoms with van der Waals surface area (Å²) in [7, 11) is 4.12. The van der Waals surface area contributed by atoms with Gasteiger partial charge in [-0.15, -0.1) is 5.10 Å². The second kappa shape index (κ2) is 8.05. The van der Waals surface area contributed by atoms with Crippen LogP contribution in [0.4, 0.5) is 17.5 Å². The lowest BCUT2D eigenvalue weighted by Crippen LogP contribution is -2.17. The fourth-order valence-corrected chi connectivity index (χ4v) is 2.15. The molecule has 0 radical (unpaired) electrons. The number of rotatable bonds is 7. The van der Waals surface area contributed by atoms with E-state index in [2.05, 4.69) is 66.8 Å². The highest BCUT2D eigenvalue weighted by molar-refractivity contribution is 9.10. The lowest BCUT2D eigenvalue weighted by atomic mass is 10.2. The summed E-state index contributed by atoms with van der Waals surface area (Å²) >= 11 is 3.49. The van der Waals surface area contributed by atoms with E-state index in [0.29, 0.717) is 11.8 Å². The zero-order valence-corrected chi connectivity index (χ0v) is 14.7. The quantitative estimate of drug-likeness (QED) is 0.736. The van der Waals surface area contributed by atoms with Gasteiger partial charge in [-0.05, 0) is 57.7 Å². The van der Waals surface area contributed by atoms with E-state index in [1.807, 2.05) is 19.1 Å². The van der Waals surface area contributed by atoms with E-state index in [0.717, 1.165) is 35.2 Å². The second-order valence-corrected chi connectivity index (χ2v) is 6.19. The molecule has 0 unspecified atom stereocenters. The Labute approximate surface area is 139 Å². The molecule has 2 N–H and O–H groups in total. The van der Waals surface area contributed by atoms with E-state index in [1.165, 1.54) is 0 Å². The molecular weight excluding hydrogens is 344 g/mol. The SMILES string of the molecule is Cc1cc(Nc2cnnc(NCCCN(C)C)n2)ccc1Br. The number of nitrogens with zero attached hydrogens (tertiary/aromatic N) is 4. The third-order valence-corrected chi connectivity index (χ3v) is 3.94. The van der Waals surface area contributed by atoms with Crippen molar-refractivity contribution >= 4 is 33.4 Å². The van der Waals surface area contributed by atoms with Crippen molar-refractivity contribution in [2.75, 3.05) is 37.8 Å². The van der Waals surface area contributed by atoms with Crippen LogP contribution in [-0.2, 0) is 0 Å².